The number of benzene rings is 1. The van der Waals surface area contributed by atoms with E-state index in [4.69, 9.17) is 9.84 Å². The van der Waals surface area contributed by atoms with E-state index >= 15 is 4.11 Å². The van der Waals surface area contributed by atoms with E-state index in [0.29, 0.717) is 25.1 Å². The van der Waals surface area contributed by atoms with Gasteiger partial charge in [-0.05, 0) is 62.9 Å². The Morgan fingerprint density at radius 1 is 1.24 bits per heavy atom. The van der Waals surface area contributed by atoms with Gasteiger partial charge in [-0.3, -0.25) is 9.48 Å². The van der Waals surface area contributed by atoms with Crippen LogP contribution in [0.2, 0.25) is 18.6 Å². The van der Waals surface area contributed by atoms with Gasteiger partial charge in [-0.15, -0.1) is 5.10 Å². The molecule has 5 atom stereocenters. The smallest absolute Gasteiger partial charge is 0.252 e. The Morgan fingerprint density at radius 2 is 1.94 bits per heavy atom. The number of rotatable bonds is 11. The number of nitrogens with zero attached hydrogens (tertiary/aromatic N) is 3. The number of aliphatic hydroxyl groups excluding tert-OH is 2. The molecule has 0 aliphatic carbocycles. The molecule has 8 nitrogen and oxygen atoms in total. The zero-order valence-electron chi connectivity index (χ0n) is 20.4. The summed E-state index contributed by atoms with van der Waals surface area (Å²) in [7, 11) is -2.94. The molecule has 2 heterocycles. The molecule has 1 fully saturated rings. The molecular formula is C24H37FN4O4Si. The highest BCUT2D eigenvalue weighted by Gasteiger charge is 2.50. The summed E-state index contributed by atoms with van der Waals surface area (Å²) in [5.41, 5.74) is 2.41. The maximum Gasteiger partial charge on any atom is 0.252 e. The van der Waals surface area contributed by atoms with Gasteiger partial charge < -0.3 is 24.4 Å². The Hall–Kier alpha value is -2.14. The molecule has 0 bridgehead atoms. The molecule has 0 radical (unpaired) electrons. The lowest BCUT2D eigenvalue weighted by molar-refractivity contribution is -0.123. The van der Waals surface area contributed by atoms with E-state index < -0.39 is 20.4 Å². The van der Waals surface area contributed by atoms with Gasteiger partial charge in [0.05, 0.1) is 17.9 Å². The summed E-state index contributed by atoms with van der Waals surface area (Å²) in [5.74, 6) is -0.312. The SMILES string of the molecule is C[C@@H]1[C@@H]([Si](C)(C)F)[C@H](CCn2cc(CCO)nn2)O[C@@H]1CCc1ccc(NC(=O)[C@H](C)O)cc1. The van der Waals surface area contributed by atoms with Crippen molar-refractivity contribution in [2.24, 2.45) is 5.92 Å². The lowest BCUT2D eigenvalue weighted by Crippen LogP contribution is -2.36. The first kappa shape index (κ1) is 26.5. The van der Waals surface area contributed by atoms with Crippen molar-refractivity contribution in [3.63, 3.8) is 0 Å². The molecular weight excluding hydrogens is 455 g/mol. The van der Waals surface area contributed by atoms with E-state index in [-0.39, 0.29) is 30.3 Å². The molecule has 0 unspecified atom stereocenters. The fourth-order valence-electron chi connectivity index (χ4n) is 4.90. The van der Waals surface area contributed by atoms with Crippen molar-refractivity contribution < 1.29 is 23.9 Å². The van der Waals surface area contributed by atoms with Crippen molar-refractivity contribution in [1.82, 2.24) is 15.0 Å². The number of hydrogen-bond acceptors (Lipinski definition) is 6. The monoisotopic (exact) mass is 492 g/mol. The molecule has 1 aromatic carbocycles. The lowest BCUT2D eigenvalue weighted by Gasteiger charge is -2.28. The molecule has 0 saturated carbocycles. The molecule has 3 N–H and O–H groups in total. The Balaban J connectivity index is 1.58. The number of aryl methyl sites for hydroxylation is 2. The highest BCUT2D eigenvalue weighted by molar-refractivity contribution is 6.72. The molecule has 0 spiro atoms. The molecule has 3 rings (SSSR count). The number of carbonyl (C=O) groups is 1. The Kier molecular flexibility index (Phi) is 8.97. The van der Waals surface area contributed by atoms with Gasteiger partial charge in [-0.2, -0.15) is 0 Å². The average Bonchev–Trinajstić information content (AvgIpc) is 3.35. The average molecular weight is 493 g/mol. The second-order valence-corrected chi connectivity index (χ2v) is 13.6. The van der Waals surface area contributed by atoms with Crippen LogP contribution in [-0.2, 0) is 28.9 Å². The number of nitrogens with one attached hydrogen (secondary N) is 1. The first-order valence-corrected chi connectivity index (χ1v) is 15.0. The molecule has 1 amide bonds. The standard InChI is InChI=1S/C24H37FN4O4Si/c1-16-21(10-7-18-5-8-19(9-6-18)26-24(32)17(2)31)33-22(23(16)34(3,4)25)11-13-29-15-20(12-14-30)27-28-29/h5-6,8-9,15-17,21-23,30-31H,7,10-14H2,1-4H3,(H,26,32)/t16-,17-,21+,22-,23+/m0/s1. The minimum atomic E-state index is -2.94. The first-order valence-electron chi connectivity index (χ1n) is 12.0. The second-order valence-electron chi connectivity index (χ2n) is 9.80. The van der Waals surface area contributed by atoms with Crippen LogP contribution in [0.1, 0.15) is 37.9 Å². The lowest BCUT2D eigenvalue weighted by atomic mass is 9.95. The molecule has 34 heavy (non-hydrogen) atoms. The van der Waals surface area contributed by atoms with Crippen LogP contribution >= 0.6 is 0 Å². The highest BCUT2D eigenvalue weighted by atomic mass is 28.4. The summed E-state index contributed by atoms with van der Waals surface area (Å²) in [6, 6.07) is 7.55. The summed E-state index contributed by atoms with van der Waals surface area (Å²) in [4.78, 5) is 11.6. The van der Waals surface area contributed by atoms with Crippen molar-refractivity contribution in [3.05, 3.63) is 41.7 Å². The number of ether oxygens (including phenoxy) is 1. The second kappa shape index (κ2) is 11.5. The third-order valence-electron chi connectivity index (χ3n) is 6.61. The molecule has 1 aliphatic heterocycles. The summed E-state index contributed by atoms with van der Waals surface area (Å²) in [6.45, 7) is 7.70. The Morgan fingerprint density at radius 3 is 2.56 bits per heavy atom. The number of halogens is 1. The van der Waals surface area contributed by atoms with Crippen LogP contribution in [0.4, 0.5) is 9.80 Å². The van der Waals surface area contributed by atoms with E-state index in [1.54, 1.807) is 17.8 Å². The van der Waals surface area contributed by atoms with Gasteiger partial charge in [0.2, 0.25) is 8.41 Å². The summed E-state index contributed by atoms with van der Waals surface area (Å²) < 4.78 is 23.5. The van der Waals surface area contributed by atoms with Crippen LogP contribution in [0.25, 0.3) is 0 Å². The quantitative estimate of drug-likeness (QED) is 0.329. The van der Waals surface area contributed by atoms with Crippen molar-refractivity contribution >= 4 is 20.0 Å². The van der Waals surface area contributed by atoms with Crippen LogP contribution in [0.3, 0.4) is 0 Å². The fraction of sp³-hybridized carbons (Fsp3) is 0.625. The Bertz CT molecular complexity index is 932. The number of aromatic nitrogens is 3. The predicted molar refractivity (Wildman–Crippen MR) is 131 cm³/mol. The normalized spacial score (nSPS) is 23.7. The number of carbonyl (C=O) groups excluding carboxylic acids is 1. The van der Waals surface area contributed by atoms with Crippen LogP contribution < -0.4 is 5.32 Å². The van der Waals surface area contributed by atoms with Gasteiger partial charge in [-0.25, -0.2) is 0 Å². The zero-order valence-corrected chi connectivity index (χ0v) is 21.4. The Labute approximate surface area is 201 Å². The molecule has 188 valence electrons. The van der Waals surface area contributed by atoms with Gasteiger partial charge in [0.25, 0.3) is 5.91 Å². The van der Waals surface area contributed by atoms with Gasteiger partial charge in [-0.1, -0.05) is 24.3 Å². The van der Waals surface area contributed by atoms with Gasteiger partial charge in [0.1, 0.15) is 6.10 Å². The van der Waals surface area contributed by atoms with E-state index in [1.807, 2.05) is 30.5 Å². The maximum absolute atomic E-state index is 15.3. The molecule has 10 heteroatoms. The van der Waals surface area contributed by atoms with E-state index in [9.17, 15) is 9.90 Å². The van der Waals surface area contributed by atoms with Gasteiger partial charge >= 0.3 is 0 Å². The highest BCUT2D eigenvalue weighted by Crippen LogP contribution is 2.46. The third kappa shape index (κ3) is 6.94. The number of anilines is 1. The van der Waals surface area contributed by atoms with Gasteiger partial charge in [0, 0.05) is 37.0 Å². The number of aliphatic hydroxyl groups is 2. The number of amides is 1. The summed E-state index contributed by atoms with van der Waals surface area (Å²) in [6.07, 6.45) is 3.32. The molecule has 2 aromatic rings. The van der Waals surface area contributed by atoms with Crippen molar-refractivity contribution in [2.75, 3.05) is 11.9 Å². The van der Waals surface area contributed by atoms with Crippen LogP contribution in [0.5, 0.6) is 0 Å². The van der Waals surface area contributed by atoms with E-state index in [0.717, 1.165) is 24.1 Å². The van der Waals surface area contributed by atoms with E-state index in [2.05, 4.69) is 22.6 Å². The van der Waals surface area contributed by atoms with Crippen LogP contribution in [-0.4, -0.2) is 64.4 Å². The third-order valence-corrected chi connectivity index (χ3v) is 9.09. The van der Waals surface area contributed by atoms with Gasteiger partial charge in [0.15, 0.2) is 0 Å². The van der Waals surface area contributed by atoms with Crippen molar-refractivity contribution in [1.29, 1.82) is 0 Å². The van der Waals surface area contributed by atoms with Crippen LogP contribution in [0.15, 0.2) is 30.5 Å². The maximum atomic E-state index is 15.3. The first-order chi connectivity index (χ1) is 16.1. The largest absolute Gasteiger partial charge is 0.396 e. The summed E-state index contributed by atoms with van der Waals surface area (Å²) in [5, 5.41) is 29.2. The number of hydrogen-bond donors (Lipinski definition) is 3. The molecule has 1 aromatic heterocycles. The van der Waals surface area contributed by atoms with Crippen LogP contribution in [0, 0.1) is 5.92 Å². The fourth-order valence-corrected chi connectivity index (χ4v) is 7.49. The van der Waals surface area contributed by atoms with Crippen molar-refractivity contribution in [3.8, 4) is 0 Å². The molecule has 1 aliphatic rings. The molecule has 1 saturated heterocycles. The minimum Gasteiger partial charge on any atom is -0.396 e. The zero-order chi connectivity index (χ0) is 24.9. The minimum absolute atomic E-state index is 0.0205. The topological polar surface area (TPSA) is 110 Å². The summed E-state index contributed by atoms with van der Waals surface area (Å²) >= 11 is 0. The predicted octanol–water partition coefficient (Wildman–Crippen LogP) is 3.10. The van der Waals surface area contributed by atoms with E-state index in [1.165, 1.54) is 6.92 Å². The van der Waals surface area contributed by atoms with Crippen molar-refractivity contribution in [2.45, 2.75) is 83.0 Å².